The Bertz CT molecular complexity index is 3270. The number of fused-ring (bicyclic) bond motifs is 11. The molecule has 1 aliphatic heterocycles. The maximum Gasteiger partial charge on any atom is 0.0748 e. The maximum atomic E-state index is 2.53. The summed E-state index contributed by atoms with van der Waals surface area (Å²) in [5.74, 6) is 0. The second-order valence-corrected chi connectivity index (χ2v) is 16.9. The summed E-state index contributed by atoms with van der Waals surface area (Å²) in [6.07, 6.45) is 0. The minimum Gasteiger partial charge on any atom is -0.311 e. The highest BCUT2D eigenvalue weighted by Gasteiger charge is 2.52. The van der Waals surface area contributed by atoms with E-state index in [1.165, 1.54) is 83.1 Å². The lowest BCUT2D eigenvalue weighted by Crippen LogP contribution is -2.44. The van der Waals surface area contributed by atoms with Gasteiger partial charge in [0.15, 0.2) is 0 Å². The fraction of sp³-hybridized carbons (Fsp3) is 0.0690. The highest BCUT2D eigenvalue weighted by molar-refractivity contribution is 6.12. The van der Waals surface area contributed by atoms with Crippen molar-refractivity contribution >= 4 is 38.9 Å². The first kappa shape index (κ1) is 34.6. The Morgan fingerprint density at radius 2 is 0.850 bits per heavy atom. The zero-order chi connectivity index (χ0) is 40.0. The Morgan fingerprint density at radius 3 is 1.58 bits per heavy atom. The van der Waals surface area contributed by atoms with Crippen LogP contribution in [0.25, 0.3) is 49.7 Å². The molecule has 284 valence electrons. The average Bonchev–Trinajstić information content (AvgIpc) is 3.65. The minimum atomic E-state index is -0.534. The van der Waals surface area contributed by atoms with Crippen LogP contribution in [0.2, 0.25) is 0 Å². The van der Waals surface area contributed by atoms with Gasteiger partial charge in [-0.05, 0) is 110 Å². The summed E-state index contributed by atoms with van der Waals surface area (Å²) in [4.78, 5) is 2.35. The number of aromatic nitrogens is 1. The number of rotatable bonds is 5. The van der Waals surface area contributed by atoms with Crippen molar-refractivity contribution in [1.82, 2.24) is 4.57 Å². The van der Waals surface area contributed by atoms with Crippen molar-refractivity contribution in [3.8, 4) is 27.9 Å². The molecule has 2 heteroatoms. The number of hydrogen-bond acceptors (Lipinski definition) is 1. The molecule has 1 atom stereocenters. The van der Waals surface area contributed by atoms with Gasteiger partial charge in [-0.3, -0.25) is 0 Å². The van der Waals surface area contributed by atoms with Crippen molar-refractivity contribution in [3.05, 3.63) is 252 Å². The first-order valence-electron chi connectivity index (χ1n) is 21.0. The Kier molecular flexibility index (Phi) is 7.52. The predicted molar refractivity (Wildman–Crippen MR) is 250 cm³/mol. The van der Waals surface area contributed by atoms with Crippen LogP contribution in [0.4, 0.5) is 17.1 Å². The van der Waals surface area contributed by atoms with Gasteiger partial charge in [0.25, 0.3) is 0 Å². The standard InChI is InChI=1S/C58H42N2/c1-57(2)48-22-10-11-23-50(48)58(51-24-12-14-27-55(51)60-54-26-13-9-20-46(54)47-21-15-25-52(58)56(47)60)53-38-42(32-37-49(53)57)41-30-35-45(36-31-41)59(43-18-7-4-8-19-43)44-33-28-40(29-34-44)39-16-5-3-6-17-39/h3-38H,1-2H3. The van der Waals surface area contributed by atoms with Gasteiger partial charge in [0.1, 0.15) is 0 Å². The minimum absolute atomic E-state index is 0.210. The van der Waals surface area contributed by atoms with Gasteiger partial charge in [0.2, 0.25) is 0 Å². The van der Waals surface area contributed by atoms with Crippen molar-refractivity contribution in [1.29, 1.82) is 0 Å². The van der Waals surface area contributed by atoms with Crippen LogP contribution in [0.5, 0.6) is 0 Å². The summed E-state index contributed by atoms with van der Waals surface area (Å²) >= 11 is 0. The molecule has 0 radical (unpaired) electrons. The number of para-hydroxylation sites is 4. The lowest BCUT2D eigenvalue weighted by Gasteiger charge is -2.50. The van der Waals surface area contributed by atoms with E-state index < -0.39 is 5.41 Å². The van der Waals surface area contributed by atoms with Gasteiger partial charge < -0.3 is 9.47 Å². The summed E-state index contributed by atoms with van der Waals surface area (Å²) in [6, 6.07) is 80.9. The molecule has 10 aromatic rings. The second kappa shape index (κ2) is 13.0. The molecule has 1 unspecified atom stereocenters. The van der Waals surface area contributed by atoms with E-state index in [4.69, 9.17) is 0 Å². The average molecular weight is 767 g/mol. The largest absolute Gasteiger partial charge is 0.311 e. The van der Waals surface area contributed by atoms with Gasteiger partial charge in [0, 0.05) is 33.2 Å². The van der Waals surface area contributed by atoms with E-state index in [0.717, 1.165) is 17.1 Å². The molecule has 0 N–H and O–H groups in total. The van der Waals surface area contributed by atoms with Gasteiger partial charge >= 0.3 is 0 Å². The van der Waals surface area contributed by atoms with E-state index in [0.29, 0.717) is 0 Å². The Balaban J connectivity index is 1.05. The van der Waals surface area contributed by atoms with Crippen LogP contribution < -0.4 is 4.90 Å². The Hall–Kier alpha value is -7.42. The summed E-state index contributed by atoms with van der Waals surface area (Å²) in [5, 5.41) is 2.58. The van der Waals surface area contributed by atoms with Crippen LogP contribution >= 0.6 is 0 Å². The molecular formula is C58H42N2. The molecule has 1 spiro atoms. The molecular weight excluding hydrogens is 725 g/mol. The van der Waals surface area contributed by atoms with E-state index in [1.807, 2.05) is 0 Å². The topological polar surface area (TPSA) is 8.17 Å². The van der Waals surface area contributed by atoms with E-state index in [2.05, 4.69) is 242 Å². The molecule has 0 bridgehead atoms. The molecule has 60 heavy (non-hydrogen) atoms. The first-order valence-corrected chi connectivity index (χ1v) is 21.0. The summed E-state index contributed by atoms with van der Waals surface area (Å²) in [6.45, 7) is 4.81. The van der Waals surface area contributed by atoms with Gasteiger partial charge in [-0.25, -0.2) is 0 Å². The molecule has 0 saturated carbocycles. The third-order valence-corrected chi connectivity index (χ3v) is 13.5. The highest BCUT2D eigenvalue weighted by atomic mass is 15.1. The maximum absolute atomic E-state index is 2.53. The lowest BCUT2D eigenvalue weighted by molar-refractivity contribution is 0.556. The van der Waals surface area contributed by atoms with E-state index in [9.17, 15) is 0 Å². The Morgan fingerprint density at radius 1 is 0.350 bits per heavy atom. The first-order chi connectivity index (χ1) is 29.5. The zero-order valence-corrected chi connectivity index (χ0v) is 33.7. The van der Waals surface area contributed by atoms with Crippen LogP contribution in [-0.2, 0) is 10.8 Å². The molecule has 12 rings (SSSR count). The molecule has 1 aliphatic carbocycles. The number of anilines is 3. The summed E-state index contributed by atoms with van der Waals surface area (Å²) < 4.78 is 2.53. The van der Waals surface area contributed by atoms with Gasteiger partial charge in [0.05, 0.1) is 22.1 Å². The van der Waals surface area contributed by atoms with Crippen LogP contribution in [0, 0.1) is 0 Å². The zero-order valence-electron chi connectivity index (χ0n) is 33.7. The fourth-order valence-corrected chi connectivity index (χ4v) is 10.8. The highest BCUT2D eigenvalue weighted by Crippen LogP contribution is 2.61. The number of hydrogen-bond donors (Lipinski definition) is 0. The normalized spacial score (nSPS) is 15.7. The molecule has 1 aromatic heterocycles. The third-order valence-electron chi connectivity index (χ3n) is 13.5. The lowest BCUT2D eigenvalue weighted by atomic mass is 9.53. The third kappa shape index (κ3) is 4.82. The van der Waals surface area contributed by atoms with Crippen LogP contribution in [-0.4, -0.2) is 4.57 Å². The molecule has 2 nitrogen and oxygen atoms in total. The number of benzene rings is 9. The molecule has 9 aromatic carbocycles. The summed E-state index contributed by atoms with van der Waals surface area (Å²) in [7, 11) is 0. The monoisotopic (exact) mass is 766 g/mol. The van der Waals surface area contributed by atoms with E-state index in [-0.39, 0.29) is 5.41 Å². The Labute approximate surface area is 351 Å². The van der Waals surface area contributed by atoms with Crippen molar-refractivity contribution in [3.63, 3.8) is 0 Å². The predicted octanol–water partition coefficient (Wildman–Crippen LogP) is 14.9. The van der Waals surface area contributed by atoms with Crippen molar-refractivity contribution in [2.45, 2.75) is 24.7 Å². The van der Waals surface area contributed by atoms with Gasteiger partial charge in [-0.1, -0.05) is 178 Å². The van der Waals surface area contributed by atoms with E-state index in [1.54, 1.807) is 0 Å². The number of nitrogens with zero attached hydrogens (tertiary/aromatic N) is 2. The van der Waals surface area contributed by atoms with Crippen LogP contribution in [0.15, 0.2) is 218 Å². The van der Waals surface area contributed by atoms with E-state index >= 15 is 0 Å². The second-order valence-electron chi connectivity index (χ2n) is 16.9. The molecule has 0 amide bonds. The summed E-state index contributed by atoms with van der Waals surface area (Å²) in [5.41, 5.74) is 19.3. The quantitative estimate of drug-likeness (QED) is 0.169. The fourth-order valence-electron chi connectivity index (χ4n) is 10.8. The SMILES string of the molecule is CC1(C)c2ccccc2C2(c3ccccc3-n3c4ccccc4c4cccc2c43)c2cc(-c3ccc(N(c4ccccc4)c4ccc(-c5ccccc5)cc4)cc3)ccc21. The molecule has 2 heterocycles. The molecule has 0 saturated heterocycles. The van der Waals surface area contributed by atoms with Crippen LogP contribution in [0.3, 0.4) is 0 Å². The smallest absolute Gasteiger partial charge is 0.0748 e. The molecule has 2 aliphatic rings. The van der Waals surface area contributed by atoms with Crippen molar-refractivity contribution in [2.75, 3.05) is 4.90 Å². The van der Waals surface area contributed by atoms with Crippen molar-refractivity contribution in [2.24, 2.45) is 0 Å². The van der Waals surface area contributed by atoms with Gasteiger partial charge in [-0.15, -0.1) is 0 Å². The van der Waals surface area contributed by atoms with Gasteiger partial charge in [-0.2, -0.15) is 0 Å². The molecule has 0 fully saturated rings. The van der Waals surface area contributed by atoms with Crippen molar-refractivity contribution < 1.29 is 0 Å². The van der Waals surface area contributed by atoms with Crippen LogP contribution in [0.1, 0.15) is 47.2 Å².